The van der Waals surface area contributed by atoms with Crippen molar-refractivity contribution in [3.05, 3.63) is 102 Å². The lowest BCUT2D eigenvalue weighted by molar-refractivity contribution is -0.120. The van der Waals surface area contributed by atoms with E-state index in [1.165, 1.54) is 0 Å². The summed E-state index contributed by atoms with van der Waals surface area (Å²) in [6.45, 7) is 0.482. The van der Waals surface area contributed by atoms with Gasteiger partial charge in [-0.05, 0) is 23.3 Å². The van der Waals surface area contributed by atoms with Crippen molar-refractivity contribution in [3.8, 4) is 0 Å². The van der Waals surface area contributed by atoms with E-state index in [9.17, 15) is 14.4 Å². The Morgan fingerprint density at radius 3 is 1.93 bits per heavy atom. The monoisotopic (exact) mass is 372 g/mol. The van der Waals surface area contributed by atoms with E-state index in [4.69, 9.17) is 0 Å². The predicted octanol–water partition coefficient (Wildman–Crippen LogP) is 3.37. The summed E-state index contributed by atoms with van der Waals surface area (Å²) in [5, 5.41) is 5.45. The fourth-order valence-electron chi connectivity index (χ4n) is 2.66. The van der Waals surface area contributed by atoms with E-state index in [-0.39, 0.29) is 12.3 Å². The van der Waals surface area contributed by atoms with Gasteiger partial charge in [-0.2, -0.15) is 0 Å². The van der Waals surface area contributed by atoms with E-state index < -0.39 is 11.7 Å². The number of benzene rings is 3. The molecule has 2 N–H and O–H groups in total. The van der Waals surface area contributed by atoms with Crippen LogP contribution in [-0.2, 0) is 22.6 Å². The zero-order chi connectivity index (χ0) is 19.8. The number of hydrogen-bond acceptors (Lipinski definition) is 3. The molecule has 0 aliphatic rings. The average Bonchev–Trinajstić information content (AvgIpc) is 2.74. The summed E-state index contributed by atoms with van der Waals surface area (Å²) < 4.78 is 0. The molecule has 0 saturated carbocycles. The summed E-state index contributed by atoms with van der Waals surface area (Å²) in [7, 11) is 0. The van der Waals surface area contributed by atoms with E-state index in [1.807, 2.05) is 30.3 Å². The topological polar surface area (TPSA) is 75.3 Å². The van der Waals surface area contributed by atoms with Gasteiger partial charge in [0.05, 0.1) is 6.42 Å². The molecule has 0 aromatic heterocycles. The number of nitrogens with one attached hydrogen (secondary N) is 2. The summed E-state index contributed by atoms with van der Waals surface area (Å²) in [5.74, 6) is -1.37. The number of anilines is 1. The van der Waals surface area contributed by atoms with E-state index in [2.05, 4.69) is 10.6 Å². The maximum absolute atomic E-state index is 12.1. The molecule has 5 nitrogen and oxygen atoms in total. The minimum Gasteiger partial charge on any atom is -0.352 e. The molecule has 140 valence electrons. The molecular weight excluding hydrogens is 352 g/mol. The van der Waals surface area contributed by atoms with Crippen LogP contribution in [0.4, 0.5) is 5.69 Å². The van der Waals surface area contributed by atoms with Gasteiger partial charge in [-0.3, -0.25) is 14.4 Å². The van der Waals surface area contributed by atoms with Crippen LogP contribution in [0.3, 0.4) is 0 Å². The number of Topliss-reactive ketones (excluding diaryl/α,β-unsaturated/α-hetero) is 1. The lowest BCUT2D eigenvalue weighted by atomic mass is 10.1. The van der Waals surface area contributed by atoms with Crippen LogP contribution in [0.15, 0.2) is 84.9 Å². The van der Waals surface area contributed by atoms with Crippen molar-refractivity contribution in [1.29, 1.82) is 0 Å². The van der Waals surface area contributed by atoms with Crippen molar-refractivity contribution in [3.63, 3.8) is 0 Å². The first kappa shape index (κ1) is 19.0. The van der Waals surface area contributed by atoms with Crippen LogP contribution in [0.2, 0.25) is 0 Å². The lowest BCUT2D eigenvalue weighted by Crippen LogP contribution is -2.24. The Hall–Kier alpha value is -3.73. The minimum absolute atomic E-state index is 0.0834. The molecule has 0 atom stereocenters. The van der Waals surface area contributed by atoms with Gasteiger partial charge in [0.2, 0.25) is 5.91 Å². The summed E-state index contributed by atoms with van der Waals surface area (Å²) in [4.78, 5) is 36.2. The molecule has 0 aliphatic heterocycles. The van der Waals surface area contributed by atoms with Crippen molar-refractivity contribution in [2.45, 2.75) is 13.0 Å². The Morgan fingerprint density at radius 1 is 0.679 bits per heavy atom. The van der Waals surface area contributed by atoms with Gasteiger partial charge in [0.15, 0.2) is 0 Å². The highest BCUT2D eigenvalue weighted by atomic mass is 16.2. The lowest BCUT2D eigenvalue weighted by Gasteiger charge is -2.07. The first-order valence-electron chi connectivity index (χ1n) is 8.92. The Labute approximate surface area is 163 Å². The van der Waals surface area contributed by atoms with E-state index in [0.29, 0.717) is 17.8 Å². The molecule has 0 aliphatic carbocycles. The zero-order valence-electron chi connectivity index (χ0n) is 15.2. The molecule has 0 fully saturated rings. The molecule has 0 unspecified atom stereocenters. The summed E-state index contributed by atoms with van der Waals surface area (Å²) in [6, 6.07) is 24.9. The van der Waals surface area contributed by atoms with Crippen molar-refractivity contribution < 1.29 is 14.4 Å². The molecular formula is C23H20N2O3. The molecule has 0 heterocycles. The van der Waals surface area contributed by atoms with Crippen molar-refractivity contribution in [1.82, 2.24) is 5.32 Å². The number of amides is 2. The van der Waals surface area contributed by atoms with Gasteiger partial charge in [-0.25, -0.2) is 0 Å². The molecule has 3 aromatic carbocycles. The SMILES string of the molecule is O=C(Cc1ccc(NC(=O)C(=O)c2ccccc2)cc1)NCc1ccccc1. The number of rotatable bonds is 7. The minimum atomic E-state index is -0.695. The number of carbonyl (C=O) groups is 3. The van der Waals surface area contributed by atoms with Crippen LogP contribution < -0.4 is 10.6 Å². The number of hydrogen-bond donors (Lipinski definition) is 2. The molecule has 2 amide bonds. The van der Waals surface area contributed by atoms with Crippen molar-refractivity contribution in [2.24, 2.45) is 0 Å². The third kappa shape index (κ3) is 5.38. The molecule has 0 bridgehead atoms. The molecule has 3 aromatic rings. The summed E-state index contributed by atoms with van der Waals surface area (Å²) in [5.41, 5.74) is 2.70. The second kappa shape index (κ2) is 9.28. The maximum atomic E-state index is 12.1. The van der Waals surface area contributed by atoms with Gasteiger partial charge < -0.3 is 10.6 Å². The highest BCUT2D eigenvalue weighted by Gasteiger charge is 2.15. The van der Waals surface area contributed by atoms with E-state index in [0.717, 1.165) is 11.1 Å². The van der Waals surface area contributed by atoms with Gasteiger partial charge >= 0.3 is 0 Å². The molecule has 0 saturated heterocycles. The fourth-order valence-corrected chi connectivity index (χ4v) is 2.66. The third-order valence-electron chi connectivity index (χ3n) is 4.15. The van der Waals surface area contributed by atoms with Crippen molar-refractivity contribution >= 4 is 23.3 Å². The Bertz CT molecular complexity index is 952. The zero-order valence-corrected chi connectivity index (χ0v) is 15.2. The second-order valence-corrected chi connectivity index (χ2v) is 6.29. The fraction of sp³-hybridized carbons (Fsp3) is 0.0870. The highest BCUT2D eigenvalue weighted by molar-refractivity contribution is 6.46. The Kier molecular flexibility index (Phi) is 6.31. The largest absolute Gasteiger partial charge is 0.352 e. The second-order valence-electron chi connectivity index (χ2n) is 6.29. The van der Waals surface area contributed by atoms with Crippen molar-refractivity contribution in [2.75, 3.05) is 5.32 Å². The van der Waals surface area contributed by atoms with Crippen LogP contribution in [0.5, 0.6) is 0 Å². The third-order valence-corrected chi connectivity index (χ3v) is 4.15. The van der Waals surface area contributed by atoms with Crippen LogP contribution in [0, 0.1) is 0 Å². The molecule has 5 heteroatoms. The molecule has 3 rings (SSSR count). The first-order valence-corrected chi connectivity index (χ1v) is 8.92. The predicted molar refractivity (Wildman–Crippen MR) is 108 cm³/mol. The smallest absolute Gasteiger partial charge is 0.296 e. The van der Waals surface area contributed by atoms with Crippen LogP contribution >= 0.6 is 0 Å². The summed E-state index contributed by atoms with van der Waals surface area (Å²) in [6.07, 6.45) is 0.240. The van der Waals surface area contributed by atoms with Gasteiger partial charge in [-0.15, -0.1) is 0 Å². The van der Waals surface area contributed by atoms with Gasteiger partial charge in [0.25, 0.3) is 11.7 Å². The van der Waals surface area contributed by atoms with E-state index in [1.54, 1.807) is 54.6 Å². The summed E-state index contributed by atoms with van der Waals surface area (Å²) >= 11 is 0. The van der Waals surface area contributed by atoms with Gasteiger partial charge in [0, 0.05) is 17.8 Å². The molecule has 28 heavy (non-hydrogen) atoms. The number of ketones is 1. The van der Waals surface area contributed by atoms with Gasteiger partial charge in [0.1, 0.15) is 0 Å². The van der Waals surface area contributed by atoms with E-state index >= 15 is 0 Å². The van der Waals surface area contributed by atoms with Crippen LogP contribution in [0.1, 0.15) is 21.5 Å². The Morgan fingerprint density at radius 2 is 1.29 bits per heavy atom. The van der Waals surface area contributed by atoms with Gasteiger partial charge in [-0.1, -0.05) is 72.8 Å². The molecule has 0 radical (unpaired) electrons. The Balaban J connectivity index is 1.51. The highest BCUT2D eigenvalue weighted by Crippen LogP contribution is 2.11. The standard InChI is InChI=1S/C23H20N2O3/c26-21(24-16-18-7-3-1-4-8-18)15-17-11-13-20(14-12-17)25-23(28)22(27)19-9-5-2-6-10-19/h1-14H,15-16H2,(H,24,26)(H,25,28). The normalized spacial score (nSPS) is 10.1. The first-order chi connectivity index (χ1) is 13.6. The average molecular weight is 372 g/mol. The number of carbonyl (C=O) groups excluding carboxylic acids is 3. The van der Waals surface area contributed by atoms with Crippen LogP contribution in [-0.4, -0.2) is 17.6 Å². The molecule has 0 spiro atoms. The van der Waals surface area contributed by atoms with Crippen LogP contribution in [0.25, 0.3) is 0 Å². The maximum Gasteiger partial charge on any atom is 0.296 e. The quantitative estimate of drug-likeness (QED) is 0.493.